The molecule has 1 aliphatic rings. The number of nitrogens with zero attached hydrogens (tertiary/aromatic N) is 2. The Morgan fingerprint density at radius 1 is 1.14 bits per heavy atom. The summed E-state index contributed by atoms with van der Waals surface area (Å²) in [5.74, 6) is -1.51. The number of esters is 1. The zero-order valence-electron chi connectivity index (χ0n) is 22.1. The van der Waals surface area contributed by atoms with Gasteiger partial charge in [-0.1, -0.05) is 50.6 Å². The molecule has 2 aromatic rings. The Balaban J connectivity index is 2.16. The first-order valence-electron chi connectivity index (χ1n) is 12.4. The molecule has 0 fully saturated rings. The molecule has 37 heavy (non-hydrogen) atoms. The van der Waals surface area contributed by atoms with Crippen LogP contribution in [-0.4, -0.2) is 62.6 Å². The van der Waals surface area contributed by atoms with Gasteiger partial charge in [0.05, 0.1) is 13.7 Å². The van der Waals surface area contributed by atoms with E-state index in [1.807, 2.05) is 45.0 Å². The highest BCUT2D eigenvalue weighted by atomic mass is 35.5. The number of amides is 2. The lowest BCUT2D eigenvalue weighted by Gasteiger charge is -2.34. The number of hydrogen-bond acceptors (Lipinski definition) is 6. The lowest BCUT2D eigenvalue weighted by molar-refractivity contribution is -0.160. The number of fused-ring (bicyclic) bond motifs is 1. The summed E-state index contributed by atoms with van der Waals surface area (Å²) in [4.78, 5) is 41.8. The third kappa shape index (κ3) is 7.23. The van der Waals surface area contributed by atoms with E-state index < -0.39 is 18.0 Å². The molecule has 9 heteroatoms. The van der Waals surface area contributed by atoms with Crippen molar-refractivity contribution < 1.29 is 28.6 Å². The number of rotatable bonds is 4. The number of para-hydroxylation sites is 1. The number of hydrogen-bond donors (Lipinski definition) is 0. The van der Waals surface area contributed by atoms with Crippen molar-refractivity contribution in [1.82, 2.24) is 4.90 Å². The predicted molar refractivity (Wildman–Crippen MR) is 142 cm³/mol. The molecule has 2 amide bonds. The van der Waals surface area contributed by atoms with Gasteiger partial charge in [-0.15, -0.1) is 0 Å². The zero-order valence-corrected chi connectivity index (χ0v) is 22.8. The van der Waals surface area contributed by atoms with Gasteiger partial charge in [-0.3, -0.25) is 9.59 Å². The normalized spacial score (nSPS) is 17.0. The Morgan fingerprint density at radius 2 is 1.86 bits per heavy atom. The molecule has 0 radical (unpaired) electrons. The summed E-state index contributed by atoms with van der Waals surface area (Å²) in [6.45, 7) is 8.28. The minimum absolute atomic E-state index is 0.0698. The molecule has 0 saturated carbocycles. The molecule has 1 heterocycles. The molecule has 3 rings (SSSR count). The van der Waals surface area contributed by atoms with Crippen molar-refractivity contribution in [1.29, 1.82) is 0 Å². The van der Waals surface area contributed by atoms with Crippen LogP contribution in [0.25, 0.3) is 0 Å². The number of benzene rings is 2. The smallest absolute Gasteiger partial charge is 0.397 e. The minimum Gasteiger partial charge on any atom is -0.496 e. The van der Waals surface area contributed by atoms with Gasteiger partial charge in [0, 0.05) is 41.5 Å². The molecule has 200 valence electrons. The number of carbonyl (C=O) groups is 3. The Kier molecular flexibility index (Phi) is 9.56. The van der Waals surface area contributed by atoms with E-state index in [1.54, 1.807) is 37.1 Å². The van der Waals surface area contributed by atoms with E-state index in [1.165, 1.54) is 4.90 Å². The van der Waals surface area contributed by atoms with Gasteiger partial charge < -0.3 is 24.0 Å². The van der Waals surface area contributed by atoms with Gasteiger partial charge in [-0.2, -0.15) is 0 Å². The molecule has 1 aliphatic heterocycles. The molecule has 0 aliphatic carbocycles. The van der Waals surface area contributed by atoms with Crippen LogP contribution in [0.5, 0.6) is 5.75 Å². The van der Waals surface area contributed by atoms with Crippen LogP contribution in [0, 0.1) is 5.41 Å². The fraction of sp³-hybridized carbons (Fsp3) is 0.464. The van der Waals surface area contributed by atoms with Crippen molar-refractivity contribution in [3.05, 3.63) is 58.6 Å². The number of ether oxygens (including phenoxy) is 3. The van der Waals surface area contributed by atoms with E-state index in [9.17, 15) is 14.4 Å². The molecule has 0 N–H and O–H groups in total. The average molecular weight is 531 g/mol. The van der Waals surface area contributed by atoms with Gasteiger partial charge >= 0.3 is 11.9 Å². The van der Waals surface area contributed by atoms with Crippen molar-refractivity contribution in [2.24, 2.45) is 5.41 Å². The average Bonchev–Trinajstić information content (AvgIpc) is 2.87. The summed E-state index contributed by atoms with van der Waals surface area (Å²) in [5.41, 5.74) is 1.84. The van der Waals surface area contributed by atoms with Crippen LogP contribution < -0.4 is 9.64 Å². The van der Waals surface area contributed by atoms with Crippen molar-refractivity contribution in [2.75, 3.05) is 44.9 Å². The van der Waals surface area contributed by atoms with E-state index in [4.69, 9.17) is 25.8 Å². The van der Waals surface area contributed by atoms with E-state index in [0.717, 1.165) is 5.56 Å². The number of carbonyl (C=O) groups excluding carboxylic acids is 3. The van der Waals surface area contributed by atoms with Crippen LogP contribution in [0.2, 0.25) is 5.02 Å². The largest absolute Gasteiger partial charge is 0.496 e. The molecule has 0 aromatic heterocycles. The molecule has 0 spiro atoms. The highest BCUT2D eigenvalue weighted by molar-refractivity contribution is 6.32. The van der Waals surface area contributed by atoms with Gasteiger partial charge in [0.15, 0.2) is 0 Å². The molecular formula is C28H35ClN2O6. The standard InChI is InChI=1S/C28H35ClN2O6/c1-6-36-27(34)26(33)30-14-9-15-37-25(20-10-7-8-11-23(20)35-5)21-16-19(29)12-13-22(21)31(24(32)17-30)18-28(2,3)4/h7-8,10-13,16,25H,6,9,14-15,17-18H2,1-5H3. The third-order valence-corrected chi connectivity index (χ3v) is 6.07. The number of halogens is 1. The summed E-state index contributed by atoms with van der Waals surface area (Å²) in [7, 11) is 1.59. The minimum atomic E-state index is -0.979. The summed E-state index contributed by atoms with van der Waals surface area (Å²) in [6, 6.07) is 12.9. The second kappa shape index (κ2) is 12.4. The lowest BCUT2D eigenvalue weighted by atomic mass is 9.93. The quantitative estimate of drug-likeness (QED) is 0.423. The lowest BCUT2D eigenvalue weighted by Crippen LogP contribution is -2.48. The van der Waals surface area contributed by atoms with Crippen LogP contribution in [0.15, 0.2) is 42.5 Å². The predicted octanol–water partition coefficient (Wildman–Crippen LogP) is 4.63. The Bertz CT molecular complexity index is 1130. The van der Waals surface area contributed by atoms with E-state index >= 15 is 0 Å². The zero-order chi connectivity index (χ0) is 27.2. The maximum atomic E-state index is 13.8. The Hall–Kier alpha value is -3.10. The monoisotopic (exact) mass is 530 g/mol. The van der Waals surface area contributed by atoms with Crippen molar-refractivity contribution in [3.63, 3.8) is 0 Å². The van der Waals surface area contributed by atoms with E-state index in [2.05, 4.69) is 0 Å². The third-order valence-electron chi connectivity index (χ3n) is 5.84. The second-order valence-electron chi connectivity index (χ2n) is 10.0. The highest BCUT2D eigenvalue weighted by Crippen LogP contribution is 2.40. The Morgan fingerprint density at radius 3 is 2.54 bits per heavy atom. The SMILES string of the molecule is CCOC(=O)C(=O)N1CCCOC(c2ccccc2OC)c2cc(Cl)ccc2N(CC(C)(C)C)C(=O)C1. The van der Waals surface area contributed by atoms with Crippen molar-refractivity contribution in [3.8, 4) is 5.75 Å². The first-order chi connectivity index (χ1) is 17.6. The molecule has 1 atom stereocenters. The first kappa shape index (κ1) is 28.5. The van der Waals surface area contributed by atoms with Gasteiger partial charge in [-0.05, 0) is 43.0 Å². The van der Waals surface area contributed by atoms with Crippen LogP contribution in [-0.2, 0) is 23.9 Å². The summed E-state index contributed by atoms with van der Waals surface area (Å²) >= 11 is 6.45. The molecule has 8 nitrogen and oxygen atoms in total. The van der Waals surface area contributed by atoms with E-state index in [-0.39, 0.29) is 37.6 Å². The van der Waals surface area contributed by atoms with Crippen LogP contribution >= 0.6 is 11.6 Å². The topological polar surface area (TPSA) is 85.4 Å². The summed E-state index contributed by atoms with van der Waals surface area (Å²) in [5, 5.41) is 0.499. The number of anilines is 1. The number of methoxy groups -OCH3 is 1. The highest BCUT2D eigenvalue weighted by Gasteiger charge is 2.33. The molecule has 0 saturated heterocycles. The first-order valence-corrected chi connectivity index (χ1v) is 12.7. The van der Waals surface area contributed by atoms with Crippen molar-refractivity contribution >= 4 is 35.1 Å². The fourth-order valence-corrected chi connectivity index (χ4v) is 4.45. The second-order valence-corrected chi connectivity index (χ2v) is 10.5. The van der Waals surface area contributed by atoms with Crippen LogP contribution in [0.1, 0.15) is 51.3 Å². The summed E-state index contributed by atoms with van der Waals surface area (Å²) < 4.78 is 16.9. The van der Waals surface area contributed by atoms with Gasteiger partial charge in [0.25, 0.3) is 0 Å². The maximum Gasteiger partial charge on any atom is 0.397 e. The van der Waals surface area contributed by atoms with Gasteiger partial charge in [0.1, 0.15) is 18.4 Å². The summed E-state index contributed by atoms with van der Waals surface area (Å²) in [6.07, 6.45) is -0.188. The van der Waals surface area contributed by atoms with Gasteiger partial charge in [0.2, 0.25) is 5.91 Å². The van der Waals surface area contributed by atoms with Gasteiger partial charge in [-0.25, -0.2) is 4.79 Å². The molecule has 0 bridgehead atoms. The van der Waals surface area contributed by atoms with Crippen LogP contribution in [0.3, 0.4) is 0 Å². The fourth-order valence-electron chi connectivity index (χ4n) is 4.27. The Labute approximate surface area is 223 Å². The molecule has 2 aromatic carbocycles. The molecule has 1 unspecified atom stereocenters. The van der Waals surface area contributed by atoms with E-state index in [0.29, 0.717) is 35.0 Å². The van der Waals surface area contributed by atoms with Crippen molar-refractivity contribution in [2.45, 2.75) is 40.2 Å². The molecular weight excluding hydrogens is 496 g/mol. The maximum absolute atomic E-state index is 13.8. The van der Waals surface area contributed by atoms with Crippen LogP contribution in [0.4, 0.5) is 5.69 Å².